The molecular formula is C14H20O4. The summed E-state index contributed by atoms with van der Waals surface area (Å²) in [6, 6.07) is 3.86. The third kappa shape index (κ3) is 3.39. The highest BCUT2D eigenvalue weighted by molar-refractivity contribution is 5.75. The second kappa shape index (κ2) is 6.89. The van der Waals surface area contributed by atoms with Gasteiger partial charge in [-0.3, -0.25) is 4.79 Å². The zero-order valence-electron chi connectivity index (χ0n) is 11.4. The molecule has 0 heterocycles. The van der Waals surface area contributed by atoms with Crippen LogP contribution in [0.1, 0.15) is 25.0 Å². The molecule has 0 fully saturated rings. The molecule has 0 aliphatic heterocycles. The Balaban J connectivity index is 3.10. The van der Waals surface area contributed by atoms with E-state index in [4.69, 9.17) is 14.2 Å². The summed E-state index contributed by atoms with van der Waals surface area (Å²) in [5, 5.41) is 0. The standard InChI is InChI=1S/C14H20O4/c1-5-10-7-12(16-3)11(13(8-10)17-4)9-14(15)18-6-2/h7-8H,5-6,9H2,1-4H3. The van der Waals surface area contributed by atoms with Gasteiger partial charge in [-0.1, -0.05) is 6.92 Å². The van der Waals surface area contributed by atoms with Gasteiger partial charge in [-0.2, -0.15) is 0 Å². The zero-order chi connectivity index (χ0) is 13.5. The van der Waals surface area contributed by atoms with E-state index in [2.05, 4.69) is 6.92 Å². The average molecular weight is 252 g/mol. The van der Waals surface area contributed by atoms with E-state index in [0.717, 1.165) is 17.5 Å². The van der Waals surface area contributed by atoms with Crippen molar-refractivity contribution in [2.24, 2.45) is 0 Å². The first-order chi connectivity index (χ1) is 8.65. The molecule has 0 spiro atoms. The van der Waals surface area contributed by atoms with Gasteiger partial charge in [-0.15, -0.1) is 0 Å². The third-order valence-corrected chi connectivity index (χ3v) is 2.70. The lowest BCUT2D eigenvalue weighted by molar-refractivity contribution is -0.142. The van der Waals surface area contributed by atoms with Gasteiger partial charge in [0.15, 0.2) is 0 Å². The van der Waals surface area contributed by atoms with Crippen molar-refractivity contribution in [3.8, 4) is 11.5 Å². The maximum absolute atomic E-state index is 11.6. The maximum atomic E-state index is 11.6. The Morgan fingerprint density at radius 2 is 1.67 bits per heavy atom. The highest BCUT2D eigenvalue weighted by Gasteiger charge is 2.16. The van der Waals surface area contributed by atoms with Gasteiger partial charge in [-0.25, -0.2) is 0 Å². The molecule has 0 radical (unpaired) electrons. The first kappa shape index (κ1) is 14.4. The van der Waals surface area contributed by atoms with Crippen molar-refractivity contribution in [2.75, 3.05) is 20.8 Å². The Bertz CT molecular complexity index is 387. The number of hydrogen-bond acceptors (Lipinski definition) is 4. The average Bonchev–Trinajstić information content (AvgIpc) is 2.39. The smallest absolute Gasteiger partial charge is 0.310 e. The summed E-state index contributed by atoms with van der Waals surface area (Å²) in [6.45, 7) is 4.21. The first-order valence-electron chi connectivity index (χ1n) is 6.05. The maximum Gasteiger partial charge on any atom is 0.310 e. The van der Waals surface area contributed by atoms with Crippen molar-refractivity contribution >= 4 is 5.97 Å². The minimum absolute atomic E-state index is 0.157. The van der Waals surface area contributed by atoms with Crippen LogP contribution in [0.4, 0.5) is 0 Å². The van der Waals surface area contributed by atoms with Crippen LogP contribution in [0.2, 0.25) is 0 Å². The molecule has 0 bridgehead atoms. The zero-order valence-corrected chi connectivity index (χ0v) is 11.4. The molecular weight excluding hydrogens is 232 g/mol. The fraction of sp³-hybridized carbons (Fsp3) is 0.500. The number of benzene rings is 1. The van der Waals surface area contributed by atoms with Gasteiger partial charge in [0.2, 0.25) is 0 Å². The molecule has 0 atom stereocenters. The molecule has 0 unspecified atom stereocenters. The summed E-state index contributed by atoms with van der Waals surface area (Å²) >= 11 is 0. The second-order valence-electron chi connectivity index (χ2n) is 3.81. The molecule has 1 rings (SSSR count). The van der Waals surface area contributed by atoms with Crippen molar-refractivity contribution in [3.63, 3.8) is 0 Å². The van der Waals surface area contributed by atoms with Crippen LogP contribution in [0.5, 0.6) is 11.5 Å². The Hall–Kier alpha value is -1.71. The summed E-state index contributed by atoms with van der Waals surface area (Å²) in [7, 11) is 3.17. The number of carbonyl (C=O) groups excluding carboxylic acids is 1. The van der Waals surface area contributed by atoms with Crippen molar-refractivity contribution in [2.45, 2.75) is 26.7 Å². The molecule has 100 valence electrons. The number of rotatable bonds is 6. The van der Waals surface area contributed by atoms with Crippen LogP contribution in [0, 0.1) is 0 Å². The Morgan fingerprint density at radius 1 is 1.11 bits per heavy atom. The normalized spacial score (nSPS) is 10.0. The molecule has 0 aliphatic rings. The topological polar surface area (TPSA) is 44.8 Å². The van der Waals surface area contributed by atoms with Gasteiger partial charge >= 0.3 is 5.97 Å². The highest BCUT2D eigenvalue weighted by atomic mass is 16.5. The number of esters is 1. The lowest BCUT2D eigenvalue weighted by Gasteiger charge is -2.14. The van der Waals surface area contributed by atoms with Crippen molar-refractivity contribution in [1.82, 2.24) is 0 Å². The summed E-state index contributed by atoms with van der Waals surface area (Å²) in [5.74, 6) is 1.05. The Kier molecular flexibility index (Phi) is 5.49. The fourth-order valence-corrected chi connectivity index (χ4v) is 1.77. The minimum atomic E-state index is -0.279. The molecule has 1 aromatic carbocycles. The van der Waals surface area contributed by atoms with E-state index < -0.39 is 0 Å². The molecule has 4 heteroatoms. The van der Waals surface area contributed by atoms with Crippen molar-refractivity contribution in [3.05, 3.63) is 23.3 Å². The van der Waals surface area contributed by atoms with Crippen LogP contribution in [-0.4, -0.2) is 26.8 Å². The van der Waals surface area contributed by atoms with E-state index in [1.165, 1.54) is 0 Å². The number of ether oxygens (including phenoxy) is 3. The van der Waals surface area contributed by atoms with E-state index in [-0.39, 0.29) is 12.4 Å². The highest BCUT2D eigenvalue weighted by Crippen LogP contribution is 2.31. The van der Waals surface area contributed by atoms with Gasteiger partial charge in [0, 0.05) is 5.56 Å². The molecule has 18 heavy (non-hydrogen) atoms. The van der Waals surface area contributed by atoms with Gasteiger partial charge in [0.25, 0.3) is 0 Å². The first-order valence-corrected chi connectivity index (χ1v) is 6.05. The molecule has 4 nitrogen and oxygen atoms in total. The molecule has 0 saturated carbocycles. The van der Waals surface area contributed by atoms with Crippen LogP contribution in [0.3, 0.4) is 0 Å². The molecule has 0 saturated heterocycles. The quantitative estimate of drug-likeness (QED) is 0.729. The van der Waals surface area contributed by atoms with E-state index in [9.17, 15) is 4.79 Å². The van der Waals surface area contributed by atoms with E-state index in [1.54, 1.807) is 21.1 Å². The predicted octanol–water partition coefficient (Wildman–Crippen LogP) is 2.37. The molecule has 0 aliphatic carbocycles. The molecule has 0 amide bonds. The minimum Gasteiger partial charge on any atom is -0.496 e. The number of methoxy groups -OCH3 is 2. The van der Waals surface area contributed by atoms with Crippen molar-refractivity contribution in [1.29, 1.82) is 0 Å². The number of carbonyl (C=O) groups is 1. The lowest BCUT2D eigenvalue weighted by Crippen LogP contribution is -2.10. The van der Waals surface area contributed by atoms with Crippen LogP contribution in [0.15, 0.2) is 12.1 Å². The summed E-state index contributed by atoms with van der Waals surface area (Å²) in [4.78, 5) is 11.6. The number of aryl methyl sites for hydroxylation is 1. The van der Waals surface area contributed by atoms with E-state index in [0.29, 0.717) is 18.1 Å². The third-order valence-electron chi connectivity index (χ3n) is 2.70. The monoisotopic (exact) mass is 252 g/mol. The molecule has 0 aromatic heterocycles. The summed E-state index contributed by atoms with van der Waals surface area (Å²) in [6.07, 6.45) is 1.04. The van der Waals surface area contributed by atoms with E-state index in [1.807, 2.05) is 12.1 Å². The van der Waals surface area contributed by atoms with Gasteiger partial charge in [0.1, 0.15) is 11.5 Å². The lowest BCUT2D eigenvalue weighted by atomic mass is 10.0. The fourth-order valence-electron chi connectivity index (χ4n) is 1.77. The van der Waals surface area contributed by atoms with Crippen LogP contribution < -0.4 is 9.47 Å². The second-order valence-corrected chi connectivity index (χ2v) is 3.81. The van der Waals surface area contributed by atoms with Gasteiger partial charge in [0.05, 0.1) is 27.2 Å². The summed E-state index contributed by atoms with van der Waals surface area (Å²) < 4.78 is 15.6. The van der Waals surface area contributed by atoms with Crippen LogP contribution in [-0.2, 0) is 22.4 Å². The molecule has 0 N–H and O–H groups in total. The molecule has 1 aromatic rings. The SMILES string of the molecule is CCOC(=O)Cc1c(OC)cc(CC)cc1OC. The van der Waals surface area contributed by atoms with E-state index >= 15 is 0 Å². The summed E-state index contributed by atoms with van der Waals surface area (Å²) in [5.41, 5.74) is 1.84. The van der Waals surface area contributed by atoms with Gasteiger partial charge in [-0.05, 0) is 31.0 Å². The Labute approximate surface area is 108 Å². The van der Waals surface area contributed by atoms with Crippen LogP contribution >= 0.6 is 0 Å². The predicted molar refractivity (Wildman–Crippen MR) is 69.3 cm³/mol. The van der Waals surface area contributed by atoms with Crippen molar-refractivity contribution < 1.29 is 19.0 Å². The van der Waals surface area contributed by atoms with Gasteiger partial charge < -0.3 is 14.2 Å². The number of hydrogen-bond donors (Lipinski definition) is 0. The Morgan fingerprint density at radius 3 is 2.06 bits per heavy atom. The van der Waals surface area contributed by atoms with Crippen LogP contribution in [0.25, 0.3) is 0 Å². The largest absolute Gasteiger partial charge is 0.496 e.